The first-order valence-electron chi connectivity index (χ1n) is 4.57. The molecule has 0 unspecified atom stereocenters. The molecule has 1 aromatic carbocycles. The van der Waals surface area contributed by atoms with Gasteiger partial charge in [0.05, 0.1) is 12.1 Å². The minimum Gasteiger partial charge on any atom is -0.399 e. The Morgan fingerprint density at radius 1 is 1.19 bits per heavy atom. The van der Waals surface area contributed by atoms with Crippen LogP contribution in [0.3, 0.4) is 0 Å². The highest BCUT2D eigenvalue weighted by molar-refractivity contribution is 5.94. The number of amides is 1. The Hall–Kier alpha value is -2.53. The number of nitrogen functional groups attached to an aromatic ring is 1. The smallest absolute Gasteiger partial charge is 0.255 e. The van der Waals surface area contributed by atoms with Crippen LogP contribution in [0, 0.1) is 22.7 Å². The van der Waals surface area contributed by atoms with Gasteiger partial charge in [0.1, 0.15) is 13.1 Å². The topological polar surface area (TPSA) is 93.9 Å². The van der Waals surface area contributed by atoms with Crippen LogP contribution in [0.2, 0.25) is 0 Å². The minimum absolute atomic E-state index is 0.100. The first-order chi connectivity index (χ1) is 7.69. The lowest BCUT2D eigenvalue weighted by Gasteiger charge is -2.15. The number of nitrogens with two attached hydrogens (primary N) is 1. The third-order valence-electron chi connectivity index (χ3n) is 1.97. The second-order valence-electron chi connectivity index (χ2n) is 3.10. The van der Waals surface area contributed by atoms with Crippen molar-refractivity contribution in [2.45, 2.75) is 0 Å². The highest BCUT2D eigenvalue weighted by Crippen LogP contribution is 2.08. The zero-order valence-corrected chi connectivity index (χ0v) is 8.55. The molecule has 0 saturated carbocycles. The van der Waals surface area contributed by atoms with Gasteiger partial charge >= 0.3 is 0 Å². The summed E-state index contributed by atoms with van der Waals surface area (Å²) in [6, 6.07) is 10.0. The van der Waals surface area contributed by atoms with E-state index in [2.05, 4.69) is 0 Å². The monoisotopic (exact) mass is 214 g/mol. The Morgan fingerprint density at radius 3 is 2.12 bits per heavy atom. The maximum Gasteiger partial charge on any atom is 0.255 e. The Labute approximate surface area is 93.3 Å². The summed E-state index contributed by atoms with van der Waals surface area (Å²) in [7, 11) is 0. The number of nitriles is 2. The third-order valence-corrected chi connectivity index (χ3v) is 1.97. The second kappa shape index (κ2) is 5.38. The third kappa shape index (κ3) is 2.73. The zero-order valence-electron chi connectivity index (χ0n) is 8.55. The molecule has 0 bridgehead atoms. The van der Waals surface area contributed by atoms with E-state index in [1.54, 1.807) is 24.3 Å². The Bertz CT molecular complexity index is 436. The summed E-state index contributed by atoms with van der Waals surface area (Å²) < 4.78 is 0. The molecule has 80 valence electrons. The maximum absolute atomic E-state index is 11.8. The van der Waals surface area contributed by atoms with Crippen molar-refractivity contribution in [2.75, 3.05) is 18.8 Å². The summed E-state index contributed by atoms with van der Waals surface area (Å²) in [6.45, 7) is -0.201. The number of hydrogen-bond acceptors (Lipinski definition) is 4. The summed E-state index contributed by atoms with van der Waals surface area (Å²) in [4.78, 5) is 13.0. The van der Waals surface area contributed by atoms with Crippen LogP contribution < -0.4 is 5.73 Å². The van der Waals surface area contributed by atoms with E-state index in [9.17, 15) is 4.79 Å². The van der Waals surface area contributed by atoms with Crippen molar-refractivity contribution in [3.63, 3.8) is 0 Å². The second-order valence-corrected chi connectivity index (χ2v) is 3.10. The fourth-order valence-electron chi connectivity index (χ4n) is 1.18. The lowest BCUT2D eigenvalue weighted by molar-refractivity contribution is 0.0795. The summed E-state index contributed by atoms with van der Waals surface area (Å²) in [5.74, 6) is -0.344. The Morgan fingerprint density at radius 2 is 1.69 bits per heavy atom. The van der Waals surface area contributed by atoms with Crippen LogP contribution in [-0.4, -0.2) is 23.9 Å². The average Bonchev–Trinajstić information content (AvgIpc) is 2.29. The molecule has 5 heteroatoms. The zero-order chi connectivity index (χ0) is 12.0. The van der Waals surface area contributed by atoms with E-state index in [0.717, 1.165) is 0 Å². The Kier molecular flexibility index (Phi) is 3.88. The molecular formula is C11H10N4O. The van der Waals surface area contributed by atoms with E-state index in [1.165, 1.54) is 4.90 Å². The lowest BCUT2D eigenvalue weighted by atomic mass is 10.2. The van der Waals surface area contributed by atoms with Crippen LogP contribution in [0.4, 0.5) is 5.69 Å². The fourth-order valence-corrected chi connectivity index (χ4v) is 1.18. The maximum atomic E-state index is 11.8. The molecule has 16 heavy (non-hydrogen) atoms. The molecular weight excluding hydrogens is 204 g/mol. The molecule has 0 saturated heterocycles. The molecule has 0 fully saturated rings. The van der Waals surface area contributed by atoms with Gasteiger partial charge in [-0.05, 0) is 24.3 Å². The van der Waals surface area contributed by atoms with Crippen molar-refractivity contribution < 1.29 is 4.79 Å². The van der Waals surface area contributed by atoms with Gasteiger partial charge in [-0.15, -0.1) is 0 Å². The van der Waals surface area contributed by atoms with Crippen molar-refractivity contribution >= 4 is 11.6 Å². The van der Waals surface area contributed by atoms with Gasteiger partial charge in [0, 0.05) is 11.3 Å². The summed E-state index contributed by atoms with van der Waals surface area (Å²) in [6.07, 6.45) is 0. The van der Waals surface area contributed by atoms with Gasteiger partial charge in [-0.3, -0.25) is 4.79 Å². The van der Waals surface area contributed by atoms with Crippen molar-refractivity contribution in [3.8, 4) is 12.1 Å². The predicted octanol–water partition coefficient (Wildman–Crippen LogP) is 0.758. The SMILES string of the molecule is N#CCN(CC#N)C(=O)c1ccc(N)cc1. The quantitative estimate of drug-likeness (QED) is 0.593. The number of benzene rings is 1. The lowest BCUT2D eigenvalue weighted by Crippen LogP contribution is -2.31. The van der Waals surface area contributed by atoms with Crippen LogP contribution in [0.1, 0.15) is 10.4 Å². The van der Waals surface area contributed by atoms with Gasteiger partial charge in [-0.25, -0.2) is 0 Å². The molecule has 0 aliphatic heterocycles. The van der Waals surface area contributed by atoms with Gasteiger partial charge in [0.25, 0.3) is 5.91 Å². The molecule has 1 rings (SSSR count). The molecule has 0 spiro atoms. The van der Waals surface area contributed by atoms with Crippen LogP contribution in [-0.2, 0) is 0 Å². The van der Waals surface area contributed by atoms with Crippen molar-refractivity contribution in [2.24, 2.45) is 0 Å². The van der Waals surface area contributed by atoms with E-state index < -0.39 is 0 Å². The van der Waals surface area contributed by atoms with E-state index >= 15 is 0 Å². The van der Waals surface area contributed by atoms with Gasteiger partial charge in [0.15, 0.2) is 0 Å². The van der Waals surface area contributed by atoms with E-state index in [0.29, 0.717) is 11.3 Å². The highest BCUT2D eigenvalue weighted by Gasteiger charge is 2.14. The first-order valence-corrected chi connectivity index (χ1v) is 4.57. The Balaban J connectivity index is 2.87. The number of carbonyl (C=O) groups excluding carboxylic acids is 1. The number of anilines is 1. The molecule has 2 N–H and O–H groups in total. The molecule has 0 radical (unpaired) electrons. The van der Waals surface area contributed by atoms with Gasteiger partial charge in [-0.1, -0.05) is 0 Å². The predicted molar refractivity (Wildman–Crippen MR) is 58.0 cm³/mol. The summed E-state index contributed by atoms with van der Waals surface area (Å²) in [5, 5.41) is 17.1. The van der Waals surface area contributed by atoms with Crippen LogP contribution in [0.5, 0.6) is 0 Å². The van der Waals surface area contributed by atoms with Crippen LogP contribution in [0.15, 0.2) is 24.3 Å². The molecule has 0 aliphatic carbocycles. The normalized spacial score (nSPS) is 8.88. The van der Waals surface area contributed by atoms with Crippen molar-refractivity contribution in [3.05, 3.63) is 29.8 Å². The largest absolute Gasteiger partial charge is 0.399 e. The summed E-state index contributed by atoms with van der Waals surface area (Å²) >= 11 is 0. The van der Waals surface area contributed by atoms with Gasteiger partial charge in [0.2, 0.25) is 0 Å². The van der Waals surface area contributed by atoms with Gasteiger partial charge in [-0.2, -0.15) is 10.5 Å². The molecule has 5 nitrogen and oxygen atoms in total. The van der Waals surface area contributed by atoms with Crippen LogP contribution in [0.25, 0.3) is 0 Å². The standard InChI is InChI=1S/C11H10N4O/c12-5-7-15(8-6-13)11(16)9-1-3-10(14)4-2-9/h1-4H,7-8,14H2. The minimum atomic E-state index is -0.344. The number of hydrogen-bond donors (Lipinski definition) is 1. The van der Waals surface area contributed by atoms with E-state index in [-0.39, 0.29) is 19.0 Å². The fraction of sp³-hybridized carbons (Fsp3) is 0.182. The van der Waals surface area contributed by atoms with Crippen molar-refractivity contribution in [1.82, 2.24) is 4.90 Å². The highest BCUT2D eigenvalue weighted by atomic mass is 16.2. The van der Waals surface area contributed by atoms with Crippen molar-refractivity contribution in [1.29, 1.82) is 10.5 Å². The molecule has 0 heterocycles. The van der Waals surface area contributed by atoms with E-state index in [1.807, 2.05) is 12.1 Å². The molecule has 1 amide bonds. The number of carbonyl (C=O) groups is 1. The van der Waals surface area contributed by atoms with Crippen LogP contribution >= 0.6 is 0 Å². The molecule has 1 aromatic rings. The van der Waals surface area contributed by atoms with Gasteiger partial charge < -0.3 is 10.6 Å². The number of nitrogens with zero attached hydrogens (tertiary/aromatic N) is 3. The number of rotatable bonds is 3. The molecule has 0 atom stereocenters. The van der Waals surface area contributed by atoms with E-state index in [4.69, 9.17) is 16.3 Å². The molecule has 0 aromatic heterocycles. The summed E-state index contributed by atoms with van der Waals surface area (Å²) in [5.41, 5.74) is 6.47. The molecule has 0 aliphatic rings. The first kappa shape index (κ1) is 11.5. The average molecular weight is 214 g/mol.